The summed E-state index contributed by atoms with van der Waals surface area (Å²) in [5, 5.41) is 0. The van der Waals surface area contributed by atoms with Crippen molar-refractivity contribution < 1.29 is 4.74 Å². The predicted molar refractivity (Wildman–Crippen MR) is 86.7 cm³/mol. The van der Waals surface area contributed by atoms with Crippen LogP contribution < -0.4 is 10.6 Å². The van der Waals surface area contributed by atoms with Gasteiger partial charge in [-0.3, -0.25) is 4.90 Å². The van der Waals surface area contributed by atoms with Crippen LogP contribution in [-0.4, -0.2) is 55.9 Å². The molecule has 21 heavy (non-hydrogen) atoms. The fourth-order valence-electron chi connectivity index (χ4n) is 3.72. The summed E-state index contributed by atoms with van der Waals surface area (Å²) in [5.74, 6) is 0. The first-order valence-corrected chi connectivity index (χ1v) is 8.10. The smallest absolute Gasteiger partial charge is 0.0674 e. The van der Waals surface area contributed by atoms with Gasteiger partial charge in [-0.1, -0.05) is 18.2 Å². The third kappa shape index (κ3) is 3.07. The molecular weight excluding hydrogens is 262 g/mol. The second-order valence-corrected chi connectivity index (χ2v) is 6.38. The van der Waals surface area contributed by atoms with Gasteiger partial charge in [-0.05, 0) is 31.9 Å². The molecule has 1 aromatic carbocycles. The molecule has 116 valence electrons. The van der Waals surface area contributed by atoms with E-state index in [1.54, 1.807) is 0 Å². The molecular formula is C17H27N3O. The van der Waals surface area contributed by atoms with E-state index in [0.29, 0.717) is 6.10 Å². The van der Waals surface area contributed by atoms with Crippen molar-refractivity contribution in [3.63, 3.8) is 0 Å². The lowest BCUT2D eigenvalue weighted by atomic mass is 9.84. The van der Waals surface area contributed by atoms with E-state index >= 15 is 0 Å². The van der Waals surface area contributed by atoms with Crippen LogP contribution in [0.1, 0.15) is 19.8 Å². The van der Waals surface area contributed by atoms with Gasteiger partial charge in [-0.15, -0.1) is 0 Å². The van der Waals surface area contributed by atoms with E-state index in [1.807, 2.05) is 0 Å². The minimum absolute atomic E-state index is 0.170. The van der Waals surface area contributed by atoms with Crippen molar-refractivity contribution in [1.29, 1.82) is 0 Å². The van der Waals surface area contributed by atoms with E-state index in [-0.39, 0.29) is 5.54 Å². The van der Waals surface area contributed by atoms with Gasteiger partial charge in [0.2, 0.25) is 0 Å². The van der Waals surface area contributed by atoms with Gasteiger partial charge in [0.05, 0.1) is 12.7 Å². The van der Waals surface area contributed by atoms with Crippen LogP contribution in [0.25, 0.3) is 0 Å². The van der Waals surface area contributed by atoms with Crippen molar-refractivity contribution in [1.82, 2.24) is 4.90 Å². The van der Waals surface area contributed by atoms with Crippen LogP contribution in [0.2, 0.25) is 0 Å². The Morgan fingerprint density at radius 3 is 2.52 bits per heavy atom. The number of nitrogens with two attached hydrogens (primary N) is 1. The summed E-state index contributed by atoms with van der Waals surface area (Å²) in [6.45, 7) is 7.97. The Hall–Kier alpha value is -1.10. The molecule has 0 spiro atoms. The number of hydrogen-bond acceptors (Lipinski definition) is 4. The molecule has 0 saturated carbocycles. The highest BCUT2D eigenvalue weighted by Crippen LogP contribution is 2.31. The third-order valence-electron chi connectivity index (χ3n) is 5.11. The topological polar surface area (TPSA) is 41.7 Å². The molecule has 2 heterocycles. The zero-order chi connectivity index (χ0) is 14.7. The molecule has 0 bridgehead atoms. The largest absolute Gasteiger partial charge is 0.376 e. The van der Waals surface area contributed by atoms with Crippen LogP contribution in [0.4, 0.5) is 5.69 Å². The maximum Gasteiger partial charge on any atom is 0.0674 e. The molecule has 3 rings (SSSR count). The van der Waals surface area contributed by atoms with Gasteiger partial charge in [0, 0.05) is 44.0 Å². The maximum atomic E-state index is 6.20. The zero-order valence-corrected chi connectivity index (χ0v) is 13.0. The van der Waals surface area contributed by atoms with E-state index < -0.39 is 0 Å². The molecule has 1 aromatic rings. The van der Waals surface area contributed by atoms with E-state index in [4.69, 9.17) is 10.5 Å². The number of rotatable bonds is 3. The number of nitrogens with zero attached hydrogens (tertiary/aromatic N) is 2. The summed E-state index contributed by atoms with van der Waals surface area (Å²) in [5.41, 5.74) is 7.70. The highest BCUT2D eigenvalue weighted by Gasteiger charge is 2.40. The Balaban J connectivity index is 1.67. The molecule has 4 heteroatoms. The van der Waals surface area contributed by atoms with Crippen molar-refractivity contribution in [2.24, 2.45) is 5.73 Å². The highest BCUT2D eigenvalue weighted by molar-refractivity contribution is 5.46. The molecule has 0 radical (unpaired) electrons. The number of ether oxygens (including phenoxy) is 1. The number of para-hydroxylation sites is 1. The summed E-state index contributed by atoms with van der Waals surface area (Å²) in [7, 11) is 0. The lowest BCUT2D eigenvalue weighted by Crippen LogP contribution is -2.63. The molecule has 1 atom stereocenters. The molecule has 2 saturated heterocycles. The Labute approximate surface area is 127 Å². The lowest BCUT2D eigenvalue weighted by molar-refractivity contribution is -0.0669. The monoisotopic (exact) mass is 289 g/mol. The normalized spacial score (nSPS) is 26.8. The molecule has 0 aromatic heterocycles. The number of morpholine rings is 1. The minimum Gasteiger partial charge on any atom is -0.376 e. The van der Waals surface area contributed by atoms with E-state index in [9.17, 15) is 0 Å². The summed E-state index contributed by atoms with van der Waals surface area (Å²) in [6.07, 6.45) is 2.62. The van der Waals surface area contributed by atoms with Crippen molar-refractivity contribution in [3.05, 3.63) is 30.3 Å². The summed E-state index contributed by atoms with van der Waals surface area (Å²) in [6, 6.07) is 10.7. The first-order valence-electron chi connectivity index (χ1n) is 8.10. The van der Waals surface area contributed by atoms with Crippen molar-refractivity contribution in [3.8, 4) is 0 Å². The molecule has 0 amide bonds. The quantitative estimate of drug-likeness (QED) is 0.920. The minimum atomic E-state index is 0.170. The summed E-state index contributed by atoms with van der Waals surface area (Å²) < 4.78 is 5.69. The van der Waals surface area contributed by atoms with Crippen molar-refractivity contribution in [2.75, 3.05) is 44.2 Å². The van der Waals surface area contributed by atoms with Crippen LogP contribution in [0.3, 0.4) is 0 Å². The summed E-state index contributed by atoms with van der Waals surface area (Å²) >= 11 is 0. The van der Waals surface area contributed by atoms with E-state index in [0.717, 1.165) is 52.2 Å². The number of anilines is 1. The standard InChI is InChI=1S/C17H27N3O/c1-15-13-20(11-12-21-15)17(14-18)7-9-19(10-8-17)16-5-3-2-4-6-16/h2-6,15H,7-14,18H2,1H3. The molecule has 1 unspecified atom stereocenters. The van der Waals surface area contributed by atoms with Crippen molar-refractivity contribution >= 4 is 5.69 Å². The Morgan fingerprint density at radius 1 is 1.19 bits per heavy atom. The Bertz CT molecular complexity index is 443. The van der Waals surface area contributed by atoms with Crippen LogP contribution >= 0.6 is 0 Å². The van der Waals surface area contributed by atoms with Crippen molar-refractivity contribution in [2.45, 2.75) is 31.4 Å². The maximum absolute atomic E-state index is 6.20. The highest BCUT2D eigenvalue weighted by atomic mass is 16.5. The average Bonchev–Trinajstić information content (AvgIpc) is 2.56. The molecule has 2 N–H and O–H groups in total. The van der Waals surface area contributed by atoms with Gasteiger partial charge in [0.25, 0.3) is 0 Å². The number of hydrogen-bond donors (Lipinski definition) is 1. The van der Waals surface area contributed by atoms with Gasteiger partial charge in [-0.2, -0.15) is 0 Å². The average molecular weight is 289 g/mol. The third-order valence-corrected chi connectivity index (χ3v) is 5.11. The number of benzene rings is 1. The number of piperidine rings is 1. The zero-order valence-electron chi connectivity index (χ0n) is 13.0. The van der Waals surface area contributed by atoms with Crippen LogP contribution in [0.5, 0.6) is 0 Å². The fourth-order valence-corrected chi connectivity index (χ4v) is 3.72. The van der Waals surface area contributed by atoms with Crippen LogP contribution in [0, 0.1) is 0 Å². The second-order valence-electron chi connectivity index (χ2n) is 6.38. The molecule has 2 aliphatic rings. The SMILES string of the molecule is CC1CN(C2(CN)CCN(c3ccccc3)CC2)CCO1. The first-order chi connectivity index (χ1) is 10.2. The van der Waals surface area contributed by atoms with Gasteiger partial charge in [0.1, 0.15) is 0 Å². The van der Waals surface area contributed by atoms with E-state index in [2.05, 4.69) is 47.1 Å². The van der Waals surface area contributed by atoms with Gasteiger partial charge >= 0.3 is 0 Å². The molecule has 2 fully saturated rings. The fraction of sp³-hybridized carbons (Fsp3) is 0.647. The van der Waals surface area contributed by atoms with Gasteiger partial charge < -0.3 is 15.4 Å². The van der Waals surface area contributed by atoms with Crippen LogP contribution in [-0.2, 0) is 4.74 Å². The van der Waals surface area contributed by atoms with E-state index in [1.165, 1.54) is 5.69 Å². The molecule has 2 aliphatic heterocycles. The predicted octanol–water partition coefficient (Wildman–Crippen LogP) is 1.70. The van der Waals surface area contributed by atoms with Gasteiger partial charge in [0.15, 0.2) is 0 Å². The van der Waals surface area contributed by atoms with Crippen LogP contribution in [0.15, 0.2) is 30.3 Å². The Morgan fingerprint density at radius 2 is 1.90 bits per heavy atom. The molecule has 4 nitrogen and oxygen atoms in total. The first kappa shape index (κ1) is 14.8. The van der Waals surface area contributed by atoms with Gasteiger partial charge in [-0.25, -0.2) is 0 Å². The molecule has 0 aliphatic carbocycles. The Kier molecular flexibility index (Phi) is 4.48. The summed E-state index contributed by atoms with van der Waals surface area (Å²) in [4.78, 5) is 5.07. The lowest BCUT2D eigenvalue weighted by Gasteiger charge is -2.51. The second kappa shape index (κ2) is 6.34.